The van der Waals surface area contributed by atoms with Crippen molar-refractivity contribution in [3.8, 4) is 0 Å². The van der Waals surface area contributed by atoms with Crippen LogP contribution in [0.15, 0.2) is 0 Å². The van der Waals surface area contributed by atoms with Gasteiger partial charge in [0.15, 0.2) is 0 Å². The molecule has 0 radical (unpaired) electrons. The zero-order chi connectivity index (χ0) is 12.0. The van der Waals surface area contributed by atoms with E-state index in [-0.39, 0.29) is 0 Å². The first-order valence-corrected chi connectivity index (χ1v) is 6.67. The van der Waals surface area contributed by atoms with Crippen molar-refractivity contribution < 1.29 is 4.74 Å². The lowest BCUT2D eigenvalue weighted by atomic mass is 10.0. The highest BCUT2D eigenvalue weighted by molar-refractivity contribution is 4.82. The summed E-state index contributed by atoms with van der Waals surface area (Å²) in [4.78, 5) is 2.51. The summed E-state index contributed by atoms with van der Waals surface area (Å²) in [5.74, 6) is 0.690. The zero-order valence-corrected chi connectivity index (χ0v) is 11.3. The average Bonchev–Trinajstić information content (AvgIpc) is 2.76. The number of ether oxygens (including phenoxy) is 1. The van der Waals surface area contributed by atoms with Crippen LogP contribution in [0.3, 0.4) is 0 Å². The number of nitrogens with one attached hydrogen (secondary N) is 1. The highest BCUT2D eigenvalue weighted by atomic mass is 16.5. The number of rotatable bonds is 7. The molecule has 3 heteroatoms. The van der Waals surface area contributed by atoms with Crippen LogP contribution in [0, 0.1) is 5.92 Å². The largest absolute Gasteiger partial charge is 0.380 e. The molecule has 0 aromatic carbocycles. The maximum absolute atomic E-state index is 5.47. The van der Waals surface area contributed by atoms with Gasteiger partial charge in [-0.15, -0.1) is 0 Å². The van der Waals surface area contributed by atoms with Gasteiger partial charge in [-0.05, 0) is 32.4 Å². The molecule has 1 N–H and O–H groups in total. The zero-order valence-electron chi connectivity index (χ0n) is 11.3. The molecule has 0 aromatic heterocycles. The third kappa shape index (κ3) is 4.04. The Kier molecular flexibility index (Phi) is 6.32. The molecule has 1 aliphatic heterocycles. The fraction of sp³-hybridized carbons (Fsp3) is 1.00. The van der Waals surface area contributed by atoms with Gasteiger partial charge in [-0.25, -0.2) is 0 Å². The van der Waals surface area contributed by atoms with Crippen LogP contribution in [-0.2, 0) is 4.74 Å². The predicted molar refractivity (Wildman–Crippen MR) is 68.8 cm³/mol. The molecule has 0 amide bonds. The Morgan fingerprint density at radius 3 is 2.69 bits per heavy atom. The Hall–Kier alpha value is -0.120. The summed E-state index contributed by atoms with van der Waals surface area (Å²) in [6.45, 7) is 10.9. The summed E-state index contributed by atoms with van der Waals surface area (Å²) in [5, 5.41) is 3.54. The van der Waals surface area contributed by atoms with Gasteiger partial charge in [-0.3, -0.25) is 4.90 Å². The van der Waals surface area contributed by atoms with Crippen LogP contribution in [-0.4, -0.2) is 50.3 Å². The minimum Gasteiger partial charge on any atom is -0.380 e. The van der Waals surface area contributed by atoms with Crippen LogP contribution in [0.25, 0.3) is 0 Å². The Bertz CT molecular complexity index is 179. The van der Waals surface area contributed by atoms with E-state index in [1.807, 2.05) is 0 Å². The summed E-state index contributed by atoms with van der Waals surface area (Å²) in [6, 6.07) is 1.24. The van der Waals surface area contributed by atoms with E-state index in [4.69, 9.17) is 4.74 Å². The molecule has 2 unspecified atom stereocenters. The number of nitrogens with zero attached hydrogens (tertiary/aromatic N) is 1. The standard InChI is InChI=1S/C13H28N2O/c1-5-7-14-9-13(11(2)3)15(4)12-6-8-16-10-12/h11-14H,5-10H2,1-4H3. The van der Waals surface area contributed by atoms with E-state index < -0.39 is 0 Å². The molecular formula is C13H28N2O. The first kappa shape index (κ1) is 13.9. The monoisotopic (exact) mass is 228 g/mol. The normalized spacial score (nSPS) is 23.2. The SMILES string of the molecule is CCCNCC(C(C)C)N(C)C1CCOC1. The predicted octanol–water partition coefficient (Wildman–Crippen LogP) is 1.73. The summed E-state index contributed by atoms with van der Waals surface area (Å²) < 4.78 is 5.47. The lowest BCUT2D eigenvalue weighted by molar-refractivity contribution is 0.110. The van der Waals surface area contributed by atoms with Gasteiger partial charge in [0.2, 0.25) is 0 Å². The smallest absolute Gasteiger partial charge is 0.0622 e. The highest BCUT2D eigenvalue weighted by Crippen LogP contribution is 2.17. The van der Waals surface area contributed by atoms with E-state index in [0.717, 1.165) is 26.3 Å². The molecular weight excluding hydrogens is 200 g/mol. The molecule has 0 aliphatic carbocycles. The van der Waals surface area contributed by atoms with Crippen LogP contribution in [0.5, 0.6) is 0 Å². The summed E-state index contributed by atoms with van der Waals surface area (Å²) in [5.41, 5.74) is 0. The Balaban J connectivity index is 2.40. The van der Waals surface area contributed by atoms with E-state index in [1.54, 1.807) is 0 Å². The lowest BCUT2D eigenvalue weighted by Gasteiger charge is -2.35. The molecule has 0 saturated carbocycles. The maximum Gasteiger partial charge on any atom is 0.0622 e. The molecule has 3 nitrogen and oxygen atoms in total. The van der Waals surface area contributed by atoms with Crippen molar-refractivity contribution in [1.29, 1.82) is 0 Å². The van der Waals surface area contributed by atoms with Crippen molar-refractivity contribution in [2.45, 2.75) is 45.7 Å². The van der Waals surface area contributed by atoms with Crippen molar-refractivity contribution in [3.05, 3.63) is 0 Å². The number of likely N-dealkylation sites (N-methyl/N-ethyl adjacent to an activating group) is 1. The van der Waals surface area contributed by atoms with Crippen LogP contribution in [0.4, 0.5) is 0 Å². The van der Waals surface area contributed by atoms with E-state index >= 15 is 0 Å². The molecule has 0 bridgehead atoms. The van der Waals surface area contributed by atoms with Gasteiger partial charge in [0.1, 0.15) is 0 Å². The maximum atomic E-state index is 5.47. The second kappa shape index (κ2) is 7.25. The van der Waals surface area contributed by atoms with Crippen LogP contribution in [0.2, 0.25) is 0 Å². The number of hydrogen-bond acceptors (Lipinski definition) is 3. The van der Waals surface area contributed by atoms with Gasteiger partial charge in [0.25, 0.3) is 0 Å². The third-order valence-electron chi connectivity index (χ3n) is 3.55. The van der Waals surface area contributed by atoms with Gasteiger partial charge in [0.05, 0.1) is 6.61 Å². The minimum atomic E-state index is 0.621. The van der Waals surface area contributed by atoms with Crippen LogP contribution >= 0.6 is 0 Å². The second-order valence-electron chi connectivity index (χ2n) is 5.20. The molecule has 0 spiro atoms. The first-order valence-electron chi connectivity index (χ1n) is 6.67. The average molecular weight is 228 g/mol. The van der Waals surface area contributed by atoms with Crippen molar-refractivity contribution in [3.63, 3.8) is 0 Å². The first-order chi connectivity index (χ1) is 7.66. The van der Waals surface area contributed by atoms with Crippen molar-refractivity contribution in [2.75, 3.05) is 33.4 Å². The Labute approximate surface area is 101 Å². The number of hydrogen-bond donors (Lipinski definition) is 1. The Morgan fingerprint density at radius 1 is 1.44 bits per heavy atom. The molecule has 96 valence electrons. The van der Waals surface area contributed by atoms with Gasteiger partial charge >= 0.3 is 0 Å². The molecule has 2 atom stereocenters. The fourth-order valence-electron chi connectivity index (χ4n) is 2.39. The van der Waals surface area contributed by atoms with Crippen molar-refractivity contribution in [1.82, 2.24) is 10.2 Å². The quantitative estimate of drug-likeness (QED) is 0.672. The van der Waals surface area contributed by atoms with Gasteiger partial charge in [-0.1, -0.05) is 20.8 Å². The lowest BCUT2D eigenvalue weighted by Crippen LogP contribution is -2.48. The van der Waals surface area contributed by atoms with Crippen LogP contribution in [0.1, 0.15) is 33.6 Å². The van der Waals surface area contributed by atoms with Crippen molar-refractivity contribution in [2.24, 2.45) is 5.92 Å². The minimum absolute atomic E-state index is 0.621. The van der Waals surface area contributed by atoms with Gasteiger partial charge in [-0.2, -0.15) is 0 Å². The summed E-state index contributed by atoms with van der Waals surface area (Å²) in [7, 11) is 2.25. The molecule has 16 heavy (non-hydrogen) atoms. The van der Waals surface area contributed by atoms with E-state index in [2.05, 4.69) is 38.0 Å². The molecule has 1 aliphatic rings. The second-order valence-corrected chi connectivity index (χ2v) is 5.20. The van der Waals surface area contributed by atoms with Gasteiger partial charge < -0.3 is 10.1 Å². The molecule has 1 saturated heterocycles. The molecule has 0 aromatic rings. The topological polar surface area (TPSA) is 24.5 Å². The molecule has 1 rings (SSSR count). The van der Waals surface area contributed by atoms with Crippen LogP contribution < -0.4 is 5.32 Å². The third-order valence-corrected chi connectivity index (χ3v) is 3.55. The van der Waals surface area contributed by atoms with Gasteiger partial charge in [0, 0.05) is 25.2 Å². The molecule has 1 heterocycles. The Morgan fingerprint density at radius 2 is 2.19 bits per heavy atom. The van der Waals surface area contributed by atoms with E-state index in [9.17, 15) is 0 Å². The summed E-state index contributed by atoms with van der Waals surface area (Å²) in [6.07, 6.45) is 2.40. The fourth-order valence-corrected chi connectivity index (χ4v) is 2.39. The molecule has 1 fully saturated rings. The highest BCUT2D eigenvalue weighted by Gasteiger charge is 2.27. The van der Waals surface area contributed by atoms with Crippen molar-refractivity contribution >= 4 is 0 Å². The summed E-state index contributed by atoms with van der Waals surface area (Å²) >= 11 is 0. The van der Waals surface area contributed by atoms with E-state index in [1.165, 1.54) is 12.8 Å². The van der Waals surface area contributed by atoms with E-state index in [0.29, 0.717) is 18.0 Å².